The molecule has 21 heavy (non-hydrogen) atoms. The summed E-state index contributed by atoms with van der Waals surface area (Å²) in [6, 6.07) is 9.62. The van der Waals surface area contributed by atoms with Gasteiger partial charge in [0.05, 0.1) is 6.61 Å². The van der Waals surface area contributed by atoms with Gasteiger partial charge in [-0.25, -0.2) is 0 Å². The fraction of sp³-hybridized carbons (Fsp3) is 0.500. The van der Waals surface area contributed by atoms with Crippen LogP contribution in [-0.2, 0) is 9.59 Å². The van der Waals surface area contributed by atoms with E-state index in [9.17, 15) is 9.59 Å². The summed E-state index contributed by atoms with van der Waals surface area (Å²) < 4.78 is 5.59. The van der Waals surface area contributed by atoms with E-state index in [1.54, 1.807) is 0 Å². The molecule has 114 valence electrons. The molecular weight excluding hydrogens is 268 g/mol. The summed E-state index contributed by atoms with van der Waals surface area (Å²) in [7, 11) is 0. The van der Waals surface area contributed by atoms with Gasteiger partial charge in [-0.1, -0.05) is 25.1 Å². The minimum atomic E-state index is -0.105. The van der Waals surface area contributed by atoms with Crippen LogP contribution in [0.3, 0.4) is 0 Å². The summed E-state index contributed by atoms with van der Waals surface area (Å²) >= 11 is 0. The first-order valence-electron chi connectivity index (χ1n) is 7.40. The van der Waals surface area contributed by atoms with E-state index in [1.165, 1.54) is 0 Å². The van der Waals surface area contributed by atoms with Crippen LogP contribution in [0.1, 0.15) is 26.2 Å². The Morgan fingerprint density at radius 2 is 2.19 bits per heavy atom. The van der Waals surface area contributed by atoms with Crippen molar-refractivity contribution < 1.29 is 14.3 Å². The van der Waals surface area contributed by atoms with Gasteiger partial charge in [0, 0.05) is 24.9 Å². The van der Waals surface area contributed by atoms with Crippen LogP contribution in [-0.4, -0.2) is 31.0 Å². The van der Waals surface area contributed by atoms with Gasteiger partial charge in [0.25, 0.3) is 0 Å². The summed E-state index contributed by atoms with van der Waals surface area (Å²) in [4.78, 5) is 23.1. The number of carbonyl (C=O) groups is 2. The largest absolute Gasteiger partial charge is 0.494 e. The molecule has 2 rings (SSSR count). The molecule has 2 amide bonds. The highest BCUT2D eigenvalue weighted by Gasteiger charge is 2.22. The number of hydrogen-bond acceptors (Lipinski definition) is 3. The van der Waals surface area contributed by atoms with Gasteiger partial charge >= 0.3 is 0 Å². The summed E-state index contributed by atoms with van der Waals surface area (Å²) in [5.74, 6) is 0.795. The van der Waals surface area contributed by atoms with Crippen LogP contribution in [0.25, 0.3) is 0 Å². The molecule has 2 atom stereocenters. The van der Waals surface area contributed by atoms with Crippen molar-refractivity contribution in [3.63, 3.8) is 0 Å². The smallest absolute Gasteiger partial charge is 0.223 e. The summed E-state index contributed by atoms with van der Waals surface area (Å²) in [5, 5.41) is 5.74. The molecule has 2 N–H and O–H groups in total. The second kappa shape index (κ2) is 7.67. The van der Waals surface area contributed by atoms with Gasteiger partial charge in [-0.2, -0.15) is 0 Å². The second-order valence-electron chi connectivity index (χ2n) is 5.40. The van der Waals surface area contributed by atoms with Crippen LogP contribution >= 0.6 is 0 Å². The third-order valence-electron chi connectivity index (χ3n) is 3.62. The first kappa shape index (κ1) is 15.4. The van der Waals surface area contributed by atoms with Crippen molar-refractivity contribution in [2.24, 2.45) is 5.92 Å². The average Bonchev–Trinajstić information content (AvgIpc) is 2.50. The lowest BCUT2D eigenvalue weighted by Gasteiger charge is -2.25. The zero-order chi connectivity index (χ0) is 15.1. The zero-order valence-electron chi connectivity index (χ0n) is 12.3. The van der Waals surface area contributed by atoms with Crippen LogP contribution in [0.5, 0.6) is 5.75 Å². The zero-order valence-corrected chi connectivity index (χ0v) is 12.3. The molecule has 5 nitrogen and oxygen atoms in total. The van der Waals surface area contributed by atoms with Crippen LogP contribution < -0.4 is 15.4 Å². The fourth-order valence-electron chi connectivity index (χ4n) is 2.20. The average molecular weight is 290 g/mol. The maximum Gasteiger partial charge on any atom is 0.223 e. The van der Waals surface area contributed by atoms with Gasteiger partial charge in [-0.05, 0) is 25.0 Å². The number of hydrogen-bond donors (Lipinski definition) is 2. The van der Waals surface area contributed by atoms with Gasteiger partial charge in [-0.15, -0.1) is 0 Å². The molecule has 0 aliphatic carbocycles. The van der Waals surface area contributed by atoms with Gasteiger partial charge in [0.2, 0.25) is 11.8 Å². The molecule has 1 fully saturated rings. The molecule has 1 aliphatic rings. The minimum Gasteiger partial charge on any atom is -0.494 e. The predicted molar refractivity (Wildman–Crippen MR) is 79.9 cm³/mol. The number of ether oxygens (including phenoxy) is 1. The molecule has 1 aromatic rings. The molecular formula is C16H22N2O3. The van der Waals surface area contributed by atoms with E-state index in [4.69, 9.17) is 4.74 Å². The summed E-state index contributed by atoms with van der Waals surface area (Å²) in [5.41, 5.74) is 0. The summed E-state index contributed by atoms with van der Waals surface area (Å²) in [6.07, 6.45) is 1.86. The van der Waals surface area contributed by atoms with Crippen molar-refractivity contribution in [3.8, 4) is 5.75 Å². The Morgan fingerprint density at radius 3 is 2.86 bits per heavy atom. The number of rotatable bonds is 6. The molecule has 1 aliphatic heterocycles. The Kier molecular flexibility index (Phi) is 5.60. The lowest BCUT2D eigenvalue weighted by atomic mass is 10.0. The number of nitrogens with one attached hydrogen (secondary N) is 2. The lowest BCUT2D eigenvalue weighted by Crippen LogP contribution is -2.49. The lowest BCUT2D eigenvalue weighted by molar-refractivity contribution is -0.127. The molecule has 1 heterocycles. The van der Waals surface area contributed by atoms with Crippen LogP contribution in [0.15, 0.2) is 30.3 Å². The Hall–Kier alpha value is -2.04. The highest BCUT2D eigenvalue weighted by molar-refractivity contribution is 5.80. The number of carbonyl (C=O) groups excluding carboxylic acids is 2. The van der Waals surface area contributed by atoms with E-state index < -0.39 is 0 Å². The molecule has 0 bridgehead atoms. The van der Waals surface area contributed by atoms with Gasteiger partial charge in [0.1, 0.15) is 5.75 Å². The molecule has 0 spiro atoms. The van der Waals surface area contributed by atoms with E-state index >= 15 is 0 Å². The SMILES string of the molecule is C[C@@H](CCOc1ccccc1)C(=O)N[C@@H]1CCC(=O)NC1. The third-order valence-corrected chi connectivity index (χ3v) is 3.62. The van der Waals surface area contributed by atoms with E-state index in [1.807, 2.05) is 37.3 Å². The standard InChI is InChI=1S/C16H22N2O3/c1-12(9-10-21-14-5-3-2-4-6-14)16(20)18-13-7-8-15(19)17-11-13/h2-6,12-13H,7-11H2,1H3,(H,17,19)(H,18,20)/t12-,13+/m0/s1. The van der Waals surface area contributed by atoms with E-state index in [0.29, 0.717) is 32.4 Å². The van der Waals surface area contributed by atoms with Gasteiger partial charge in [0.15, 0.2) is 0 Å². The summed E-state index contributed by atoms with van der Waals surface area (Å²) in [6.45, 7) is 2.93. The van der Waals surface area contributed by atoms with Crippen LogP contribution in [0.2, 0.25) is 0 Å². The Labute approximate surface area is 125 Å². The molecule has 1 saturated heterocycles. The second-order valence-corrected chi connectivity index (χ2v) is 5.40. The van der Waals surface area contributed by atoms with E-state index in [0.717, 1.165) is 5.75 Å². The maximum absolute atomic E-state index is 12.1. The molecule has 0 aromatic heterocycles. The molecule has 0 radical (unpaired) electrons. The topological polar surface area (TPSA) is 67.4 Å². The van der Waals surface area contributed by atoms with Gasteiger partial charge in [-0.3, -0.25) is 9.59 Å². The van der Waals surface area contributed by atoms with Crippen molar-refractivity contribution in [2.75, 3.05) is 13.2 Å². The minimum absolute atomic E-state index is 0.0211. The normalized spacial score (nSPS) is 19.5. The predicted octanol–water partition coefficient (Wildman–Crippen LogP) is 1.49. The van der Waals surface area contributed by atoms with Crippen molar-refractivity contribution in [1.82, 2.24) is 10.6 Å². The first-order chi connectivity index (χ1) is 10.1. The van der Waals surface area contributed by atoms with Crippen molar-refractivity contribution in [2.45, 2.75) is 32.2 Å². The molecule has 0 unspecified atom stereocenters. The Morgan fingerprint density at radius 1 is 1.43 bits per heavy atom. The van der Waals surface area contributed by atoms with Crippen LogP contribution in [0.4, 0.5) is 0 Å². The molecule has 0 saturated carbocycles. The highest BCUT2D eigenvalue weighted by atomic mass is 16.5. The van der Waals surface area contributed by atoms with E-state index in [2.05, 4.69) is 10.6 Å². The number of amides is 2. The monoisotopic (exact) mass is 290 g/mol. The third kappa shape index (κ3) is 5.10. The number of para-hydroxylation sites is 1. The highest BCUT2D eigenvalue weighted by Crippen LogP contribution is 2.11. The first-order valence-corrected chi connectivity index (χ1v) is 7.40. The molecule has 5 heteroatoms. The molecule has 1 aromatic carbocycles. The van der Waals surface area contributed by atoms with Crippen molar-refractivity contribution in [1.29, 1.82) is 0 Å². The van der Waals surface area contributed by atoms with Gasteiger partial charge < -0.3 is 15.4 Å². The van der Waals surface area contributed by atoms with E-state index in [-0.39, 0.29) is 23.8 Å². The van der Waals surface area contributed by atoms with Crippen molar-refractivity contribution >= 4 is 11.8 Å². The Bertz CT molecular complexity index is 466. The quantitative estimate of drug-likeness (QED) is 0.834. The maximum atomic E-state index is 12.1. The fourth-order valence-corrected chi connectivity index (χ4v) is 2.20. The Balaban J connectivity index is 1.66. The number of benzene rings is 1. The van der Waals surface area contributed by atoms with Crippen LogP contribution in [0, 0.1) is 5.92 Å². The number of piperidine rings is 1. The van der Waals surface area contributed by atoms with Crippen molar-refractivity contribution in [3.05, 3.63) is 30.3 Å².